The van der Waals surface area contributed by atoms with Crippen LogP contribution in [0.2, 0.25) is 0 Å². The SMILES string of the molecule is CC(C)CC(CO)NC(=O)Cc1csc(-c2cccs2)n1. The van der Waals surface area contributed by atoms with E-state index in [4.69, 9.17) is 0 Å². The number of rotatable bonds is 7. The summed E-state index contributed by atoms with van der Waals surface area (Å²) in [7, 11) is 0. The van der Waals surface area contributed by atoms with Gasteiger partial charge in [0.15, 0.2) is 0 Å². The summed E-state index contributed by atoms with van der Waals surface area (Å²) in [5, 5.41) is 17.0. The van der Waals surface area contributed by atoms with Gasteiger partial charge in [0.1, 0.15) is 5.01 Å². The van der Waals surface area contributed by atoms with Crippen molar-refractivity contribution in [3.8, 4) is 9.88 Å². The molecule has 2 heterocycles. The fourth-order valence-electron chi connectivity index (χ4n) is 2.09. The van der Waals surface area contributed by atoms with E-state index in [-0.39, 0.29) is 25.0 Å². The van der Waals surface area contributed by atoms with Crippen molar-refractivity contribution in [2.75, 3.05) is 6.61 Å². The van der Waals surface area contributed by atoms with E-state index < -0.39 is 0 Å². The smallest absolute Gasteiger partial charge is 0.226 e. The molecule has 114 valence electrons. The number of hydrogen-bond donors (Lipinski definition) is 2. The second kappa shape index (κ2) is 7.68. The van der Waals surface area contributed by atoms with Crippen LogP contribution in [0.3, 0.4) is 0 Å². The molecule has 0 aliphatic heterocycles. The van der Waals surface area contributed by atoms with Gasteiger partial charge in [-0.2, -0.15) is 0 Å². The maximum absolute atomic E-state index is 12.0. The van der Waals surface area contributed by atoms with Gasteiger partial charge in [0.25, 0.3) is 0 Å². The number of carbonyl (C=O) groups excluding carboxylic acids is 1. The Morgan fingerprint density at radius 1 is 1.43 bits per heavy atom. The third-order valence-electron chi connectivity index (χ3n) is 2.97. The summed E-state index contributed by atoms with van der Waals surface area (Å²) in [5.74, 6) is 0.352. The fourth-order valence-corrected chi connectivity index (χ4v) is 3.73. The number of nitrogens with one attached hydrogen (secondary N) is 1. The Labute approximate surface area is 132 Å². The van der Waals surface area contributed by atoms with E-state index in [1.54, 1.807) is 22.7 Å². The van der Waals surface area contributed by atoms with Gasteiger partial charge in [-0.05, 0) is 23.8 Å². The van der Waals surface area contributed by atoms with Crippen molar-refractivity contribution in [2.45, 2.75) is 32.7 Å². The zero-order valence-corrected chi connectivity index (χ0v) is 13.8. The van der Waals surface area contributed by atoms with E-state index in [0.29, 0.717) is 5.92 Å². The number of aliphatic hydroxyl groups is 1. The Morgan fingerprint density at radius 3 is 2.86 bits per heavy atom. The summed E-state index contributed by atoms with van der Waals surface area (Å²) in [5.41, 5.74) is 0.780. The van der Waals surface area contributed by atoms with Crippen LogP contribution in [0.15, 0.2) is 22.9 Å². The highest BCUT2D eigenvalue weighted by molar-refractivity contribution is 7.20. The predicted octanol–water partition coefficient (Wildman–Crippen LogP) is 2.94. The van der Waals surface area contributed by atoms with Crippen LogP contribution in [0.1, 0.15) is 26.0 Å². The van der Waals surface area contributed by atoms with Gasteiger partial charge in [0, 0.05) is 5.38 Å². The van der Waals surface area contributed by atoms with Gasteiger partial charge in [-0.15, -0.1) is 22.7 Å². The molecule has 0 radical (unpaired) electrons. The normalized spacial score (nSPS) is 12.6. The molecule has 2 aromatic heterocycles. The molecule has 0 saturated carbocycles. The van der Waals surface area contributed by atoms with E-state index in [1.807, 2.05) is 22.9 Å². The first-order chi connectivity index (χ1) is 10.1. The molecule has 2 aromatic rings. The van der Waals surface area contributed by atoms with Gasteiger partial charge in [0.05, 0.1) is 29.6 Å². The van der Waals surface area contributed by atoms with Gasteiger partial charge in [-0.25, -0.2) is 4.98 Å². The molecule has 0 fully saturated rings. The molecule has 2 rings (SSSR count). The maximum atomic E-state index is 12.0. The molecule has 0 aliphatic rings. The van der Waals surface area contributed by atoms with Gasteiger partial charge in [-0.1, -0.05) is 19.9 Å². The van der Waals surface area contributed by atoms with Crippen molar-refractivity contribution in [3.63, 3.8) is 0 Å². The summed E-state index contributed by atoms with van der Waals surface area (Å²) in [4.78, 5) is 17.6. The van der Waals surface area contributed by atoms with E-state index >= 15 is 0 Å². The van der Waals surface area contributed by atoms with E-state index in [0.717, 1.165) is 22.0 Å². The lowest BCUT2D eigenvalue weighted by Crippen LogP contribution is -2.39. The number of nitrogens with zero attached hydrogens (tertiary/aromatic N) is 1. The molecule has 0 bridgehead atoms. The molecule has 0 saturated heterocycles. The van der Waals surface area contributed by atoms with Gasteiger partial charge < -0.3 is 10.4 Å². The average Bonchev–Trinajstić information content (AvgIpc) is 3.07. The Kier molecular flexibility index (Phi) is 5.90. The zero-order chi connectivity index (χ0) is 15.2. The molecule has 0 aromatic carbocycles. The minimum atomic E-state index is -0.173. The second-order valence-electron chi connectivity index (χ2n) is 5.37. The Balaban J connectivity index is 1.91. The third kappa shape index (κ3) is 4.91. The number of thiazole rings is 1. The molecule has 2 N–H and O–H groups in total. The summed E-state index contributed by atoms with van der Waals surface area (Å²) >= 11 is 3.20. The maximum Gasteiger partial charge on any atom is 0.226 e. The number of aliphatic hydroxyl groups excluding tert-OH is 1. The highest BCUT2D eigenvalue weighted by atomic mass is 32.1. The fraction of sp³-hybridized carbons (Fsp3) is 0.467. The first-order valence-electron chi connectivity index (χ1n) is 6.97. The van der Waals surface area contributed by atoms with E-state index in [2.05, 4.69) is 24.1 Å². The standard InChI is InChI=1S/C15H20N2O2S2/c1-10(2)6-11(8-18)16-14(19)7-12-9-21-15(17-12)13-4-3-5-20-13/h3-5,9-11,18H,6-8H2,1-2H3,(H,16,19). The summed E-state index contributed by atoms with van der Waals surface area (Å²) in [6.45, 7) is 4.12. The number of thiophene rings is 1. The minimum absolute atomic E-state index is 0.0264. The molecule has 0 spiro atoms. The third-order valence-corrected chi connectivity index (χ3v) is 4.90. The molecule has 1 unspecified atom stereocenters. The van der Waals surface area contributed by atoms with Crippen molar-refractivity contribution in [1.82, 2.24) is 10.3 Å². The summed E-state index contributed by atoms with van der Waals surface area (Å²) in [6.07, 6.45) is 1.04. The molecule has 0 aliphatic carbocycles. The van der Waals surface area contributed by atoms with Crippen LogP contribution in [-0.2, 0) is 11.2 Å². The lowest BCUT2D eigenvalue weighted by Gasteiger charge is -2.17. The second-order valence-corrected chi connectivity index (χ2v) is 7.18. The van der Waals surface area contributed by atoms with Gasteiger partial charge >= 0.3 is 0 Å². The van der Waals surface area contributed by atoms with Crippen LogP contribution in [0.25, 0.3) is 9.88 Å². The molecular formula is C15H20N2O2S2. The molecule has 6 heteroatoms. The number of hydrogen-bond acceptors (Lipinski definition) is 5. The minimum Gasteiger partial charge on any atom is -0.394 e. The Bertz CT molecular complexity index is 564. The molecule has 4 nitrogen and oxygen atoms in total. The summed E-state index contributed by atoms with van der Waals surface area (Å²) in [6, 6.07) is 3.84. The lowest BCUT2D eigenvalue weighted by molar-refractivity contribution is -0.121. The van der Waals surface area contributed by atoms with Crippen molar-refractivity contribution in [3.05, 3.63) is 28.6 Å². The lowest BCUT2D eigenvalue weighted by atomic mass is 10.0. The Morgan fingerprint density at radius 2 is 2.24 bits per heavy atom. The quantitative estimate of drug-likeness (QED) is 0.823. The first kappa shape index (κ1) is 16.1. The monoisotopic (exact) mass is 324 g/mol. The highest BCUT2D eigenvalue weighted by Gasteiger charge is 2.15. The van der Waals surface area contributed by atoms with E-state index in [1.165, 1.54) is 0 Å². The van der Waals surface area contributed by atoms with Crippen LogP contribution < -0.4 is 5.32 Å². The predicted molar refractivity (Wildman–Crippen MR) is 87.6 cm³/mol. The van der Waals surface area contributed by atoms with Crippen LogP contribution in [-0.4, -0.2) is 28.6 Å². The van der Waals surface area contributed by atoms with Crippen LogP contribution in [0, 0.1) is 5.92 Å². The molecular weight excluding hydrogens is 304 g/mol. The Hall–Kier alpha value is -1.24. The number of amides is 1. The number of aromatic nitrogens is 1. The van der Waals surface area contributed by atoms with Crippen molar-refractivity contribution in [1.29, 1.82) is 0 Å². The molecule has 1 atom stereocenters. The van der Waals surface area contributed by atoms with Crippen molar-refractivity contribution in [2.24, 2.45) is 5.92 Å². The molecule has 1 amide bonds. The van der Waals surface area contributed by atoms with E-state index in [9.17, 15) is 9.90 Å². The largest absolute Gasteiger partial charge is 0.394 e. The van der Waals surface area contributed by atoms with Crippen LogP contribution in [0.5, 0.6) is 0 Å². The van der Waals surface area contributed by atoms with Crippen LogP contribution in [0.4, 0.5) is 0 Å². The number of carbonyl (C=O) groups is 1. The topological polar surface area (TPSA) is 62.2 Å². The van der Waals surface area contributed by atoms with Crippen molar-refractivity contribution >= 4 is 28.6 Å². The first-order valence-corrected chi connectivity index (χ1v) is 8.73. The highest BCUT2D eigenvalue weighted by Crippen LogP contribution is 2.27. The average molecular weight is 324 g/mol. The van der Waals surface area contributed by atoms with Gasteiger partial charge in [-0.3, -0.25) is 4.79 Å². The zero-order valence-electron chi connectivity index (χ0n) is 12.2. The van der Waals surface area contributed by atoms with Crippen molar-refractivity contribution < 1.29 is 9.90 Å². The van der Waals surface area contributed by atoms with Gasteiger partial charge in [0.2, 0.25) is 5.91 Å². The summed E-state index contributed by atoms with van der Waals surface area (Å²) < 4.78 is 0. The molecule has 21 heavy (non-hydrogen) atoms. The van der Waals surface area contributed by atoms with Crippen LogP contribution >= 0.6 is 22.7 Å².